The van der Waals surface area contributed by atoms with Crippen LogP contribution in [0.2, 0.25) is 0 Å². The Bertz CT molecular complexity index is 1380. The Morgan fingerprint density at radius 3 is 2.12 bits per heavy atom. The third-order valence-electron chi connectivity index (χ3n) is 6.87. The molecule has 1 aliphatic rings. The van der Waals surface area contributed by atoms with Crippen molar-refractivity contribution < 1.29 is 29.0 Å². The highest BCUT2D eigenvalue weighted by Gasteiger charge is 2.37. The maximum atomic E-state index is 13.1. The van der Waals surface area contributed by atoms with E-state index >= 15 is 0 Å². The van der Waals surface area contributed by atoms with Gasteiger partial charge >= 0.3 is 5.97 Å². The number of fused-ring (bicyclic) bond motifs is 1. The van der Waals surface area contributed by atoms with Crippen LogP contribution in [0.5, 0.6) is 5.75 Å². The SMILES string of the molecule is CC(C)C[C@H](N[C@H](CCN1C(=O)c2ccc(OCc3ccccc3)cc2C1=O)C(=O)O)C(=O)NCc1ccccc1. The first-order valence-corrected chi connectivity index (χ1v) is 13.7. The zero-order chi connectivity index (χ0) is 29.4. The van der Waals surface area contributed by atoms with Crippen LogP contribution in [0.1, 0.15) is 58.5 Å². The highest BCUT2D eigenvalue weighted by Crippen LogP contribution is 2.27. The van der Waals surface area contributed by atoms with E-state index in [9.17, 15) is 24.3 Å². The summed E-state index contributed by atoms with van der Waals surface area (Å²) in [7, 11) is 0. The zero-order valence-electron chi connectivity index (χ0n) is 23.2. The molecule has 0 aliphatic carbocycles. The average molecular weight is 558 g/mol. The molecule has 1 heterocycles. The molecule has 0 bridgehead atoms. The van der Waals surface area contributed by atoms with Gasteiger partial charge in [-0.05, 0) is 48.1 Å². The zero-order valence-corrected chi connectivity index (χ0v) is 23.2. The van der Waals surface area contributed by atoms with Crippen LogP contribution < -0.4 is 15.4 Å². The number of rotatable bonds is 14. The van der Waals surface area contributed by atoms with Gasteiger partial charge in [0.15, 0.2) is 0 Å². The second kappa shape index (κ2) is 13.7. The lowest BCUT2D eigenvalue weighted by atomic mass is 10.0. The van der Waals surface area contributed by atoms with Crippen molar-refractivity contribution in [1.29, 1.82) is 0 Å². The molecule has 0 unspecified atom stereocenters. The minimum atomic E-state index is -1.16. The third kappa shape index (κ3) is 7.79. The Morgan fingerprint density at radius 1 is 0.854 bits per heavy atom. The lowest BCUT2D eigenvalue weighted by Gasteiger charge is -2.25. The van der Waals surface area contributed by atoms with Gasteiger partial charge in [0, 0.05) is 13.1 Å². The molecule has 3 amide bonds. The molecule has 0 aromatic heterocycles. The molecule has 0 fully saturated rings. The second-order valence-corrected chi connectivity index (χ2v) is 10.5. The second-order valence-electron chi connectivity index (χ2n) is 10.5. The molecule has 9 heteroatoms. The summed E-state index contributed by atoms with van der Waals surface area (Å²) in [5.41, 5.74) is 2.37. The topological polar surface area (TPSA) is 125 Å². The summed E-state index contributed by atoms with van der Waals surface area (Å²) in [5, 5.41) is 15.7. The van der Waals surface area contributed by atoms with Gasteiger partial charge in [-0.15, -0.1) is 0 Å². The minimum Gasteiger partial charge on any atom is -0.489 e. The molecule has 9 nitrogen and oxygen atoms in total. The van der Waals surface area contributed by atoms with E-state index in [4.69, 9.17) is 4.74 Å². The summed E-state index contributed by atoms with van der Waals surface area (Å²) < 4.78 is 5.80. The van der Waals surface area contributed by atoms with Crippen molar-refractivity contribution in [3.8, 4) is 5.75 Å². The molecule has 4 rings (SSSR count). The van der Waals surface area contributed by atoms with Crippen LogP contribution in [0.25, 0.3) is 0 Å². The first-order chi connectivity index (χ1) is 19.7. The molecule has 3 N–H and O–H groups in total. The van der Waals surface area contributed by atoms with Crippen molar-refractivity contribution in [3.05, 3.63) is 101 Å². The number of amides is 3. The van der Waals surface area contributed by atoms with E-state index in [0.29, 0.717) is 25.3 Å². The molecule has 214 valence electrons. The van der Waals surface area contributed by atoms with Crippen LogP contribution in [0.3, 0.4) is 0 Å². The monoisotopic (exact) mass is 557 g/mol. The van der Waals surface area contributed by atoms with Gasteiger partial charge < -0.3 is 15.2 Å². The predicted octanol–water partition coefficient (Wildman–Crippen LogP) is 4.03. The lowest BCUT2D eigenvalue weighted by Crippen LogP contribution is -2.52. The Hall–Kier alpha value is -4.50. The molecular weight excluding hydrogens is 522 g/mol. The Morgan fingerprint density at radius 2 is 1.49 bits per heavy atom. The van der Waals surface area contributed by atoms with E-state index in [0.717, 1.165) is 16.0 Å². The summed E-state index contributed by atoms with van der Waals surface area (Å²) >= 11 is 0. The summed E-state index contributed by atoms with van der Waals surface area (Å²) in [6.45, 7) is 4.42. The summed E-state index contributed by atoms with van der Waals surface area (Å²) in [4.78, 5) is 52.3. The van der Waals surface area contributed by atoms with Gasteiger partial charge in [0.25, 0.3) is 11.8 Å². The van der Waals surface area contributed by atoms with Gasteiger partial charge in [-0.2, -0.15) is 0 Å². The molecule has 1 aliphatic heterocycles. The van der Waals surface area contributed by atoms with Crippen LogP contribution in [-0.4, -0.2) is 52.3 Å². The fourth-order valence-electron chi connectivity index (χ4n) is 4.71. The van der Waals surface area contributed by atoms with Gasteiger partial charge in [-0.3, -0.25) is 29.4 Å². The summed E-state index contributed by atoms with van der Waals surface area (Å²) in [5.74, 6) is -1.88. The molecule has 0 saturated carbocycles. The quantitative estimate of drug-likeness (QED) is 0.256. The number of aliphatic carboxylic acids is 1. The number of benzene rings is 3. The highest BCUT2D eigenvalue weighted by atomic mass is 16.5. The van der Waals surface area contributed by atoms with Crippen LogP contribution >= 0.6 is 0 Å². The average Bonchev–Trinajstić information content (AvgIpc) is 3.21. The molecule has 0 saturated heterocycles. The number of carboxylic acids is 1. The summed E-state index contributed by atoms with van der Waals surface area (Å²) in [6, 6.07) is 21.8. The standard InChI is InChI=1S/C32H35N3O6/c1-21(2)17-28(29(36)33-19-22-9-5-3-6-10-22)34-27(32(39)40)15-16-35-30(37)25-14-13-24(18-26(25)31(35)38)41-20-23-11-7-4-8-12-23/h3-14,18,21,27-28,34H,15-17,19-20H2,1-2H3,(H,33,36)(H,39,40)/t27-,28+/m1/s1. The lowest BCUT2D eigenvalue weighted by molar-refractivity contribution is -0.140. The number of carboxylic acid groups (broad SMARTS) is 1. The number of hydrogen-bond acceptors (Lipinski definition) is 6. The number of imide groups is 1. The maximum absolute atomic E-state index is 13.1. The van der Waals surface area contributed by atoms with E-state index in [1.807, 2.05) is 74.5 Å². The summed E-state index contributed by atoms with van der Waals surface area (Å²) in [6.07, 6.45) is 0.363. The molecular formula is C32H35N3O6. The molecule has 3 aromatic carbocycles. The van der Waals surface area contributed by atoms with Gasteiger partial charge in [0.05, 0.1) is 17.2 Å². The van der Waals surface area contributed by atoms with E-state index in [1.165, 1.54) is 0 Å². The van der Waals surface area contributed by atoms with E-state index in [1.54, 1.807) is 18.2 Å². The molecule has 3 aromatic rings. The van der Waals surface area contributed by atoms with Crippen molar-refractivity contribution in [1.82, 2.24) is 15.5 Å². The number of ether oxygens (including phenoxy) is 1. The number of nitrogens with zero attached hydrogens (tertiary/aromatic N) is 1. The van der Waals surface area contributed by atoms with Gasteiger partial charge in [-0.1, -0.05) is 74.5 Å². The predicted molar refractivity (Wildman–Crippen MR) is 153 cm³/mol. The van der Waals surface area contributed by atoms with E-state index in [2.05, 4.69) is 10.6 Å². The molecule has 0 spiro atoms. The Labute approximate surface area is 239 Å². The van der Waals surface area contributed by atoms with Crippen molar-refractivity contribution in [2.24, 2.45) is 5.92 Å². The molecule has 2 atom stereocenters. The normalized spacial score (nSPS) is 14.1. The first kappa shape index (κ1) is 29.5. The van der Waals surface area contributed by atoms with Gasteiger partial charge in [0.1, 0.15) is 18.4 Å². The van der Waals surface area contributed by atoms with Crippen LogP contribution in [0, 0.1) is 5.92 Å². The number of carbonyl (C=O) groups excluding carboxylic acids is 3. The fraction of sp³-hybridized carbons (Fsp3) is 0.312. The maximum Gasteiger partial charge on any atom is 0.320 e. The van der Waals surface area contributed by atoms with Crippen LogP contribution in [0.15, 0.2) is 78.9 Å². The van der Waals surface area contributed by atoms with E-state index in [-0.39, 0.29) is 35.9 Å². The minimum absolute atomic E-state index is 0.0568. The first-order valence-electron chi connectivity index (χ1n) is 13.7. The van der Waals surface area contributed by atoms with Crippen LogP contribution in [0.4, 0.5) is 0 Å². The van der Waals surface area contributed by atoms with Crippen molar-refractivity contribution in [3.63, 3.8) is 0 Å². The molecule has 0 radical (unpaired) electrons. The van der Waals surface area contributed by atoms with Crippen molar-refractivity contribution in [2.75, 3.05) is 6.54 Å². The molecule has 41 heavy (non-hydrogen) atoms. The number of carbonyl (C=O) groups is 4. The van der Waals surface area contributed by atoms with Crippen molar-refractivity contribution in [2.45, 2.75) is 51.9 Å². The Kier molecular flexibility index (Phi) is 9.86. The number of nitrogens with one attached hydrogen (secondary N) is 2. The fourth-order valence-corrected chi connectivity index (χ4v) is 4.71. The van der Waals surface area contributed by atoms with Gasteiger partial charge in [0.2, 0.25) is 5.91 Å². The third-order valence-corrected chi connectivity index (χ3v) is 6.87. The smallest absolute Gasteiger partial charge is 0.320 e. The van der Waals surface area contributed by atoms with E-state index < -0.39 is 29.9 Å². The largest absolute Gasteiger partial charge is 0.489 e. The van der Waals surface area contributed by atoms with Crippen molar-refractivity contribution >= 4 is 23.7 Å². The Balaban J connectivity index is 1.38. The van der Waals surface area contributed by atoms with Gasteiger partial charge in [-0.25, -0.2) is 0 Å². The highest BCUT2D eigenvalue weighted by molar-refractivity contribution is 6.21. The number of hydrogen-bond donors (Lipinski definition) is 3. The van der Waals surface area contributed by atoms with Crippen LogP contribution in [-0.2, 0) is 22.7 Å².